The molecule has 0 aliphatic heterocycles. The molecule has 0 fully saturated rings. The molecule has 4 nitrogen and oxygen atoms in total. The van der Waals surface area contributed by atoms with E-state index < -0.39 is 5.97 Å². The quantitative estimate of drug-likeness (QED) is 0.672. The molecule has 1 aromatic carbocycles. The van der Waals surface area contributed by atoms with E-state index in [9.17, 15) is 9.18 Å². The molecular formula is C14H20FNO3. The maximum Gasteiger partial charge on any atom is 0.304 e. The summed E-state index contributed by atoms with van der Waals surface area (Å²) < 4.78 is 17.7. The Labute approximate surface area is 112 Å². The van der Waals surface area contributed by atoms with E-state index in [2.05, 4.69) is 5.32 Å². The molecule has 0 aromatic heterocycles. The lowest BCUT2D eigenvalue weighted by molar-refractivity contribution is -0.137. The summed E-state index contributed by atoms with van der Waals surface area (Å²) in [5.41, 5.74) is 0.923. The third kappa shape index (κ3) is 6.88. The Bertz CT molecular complexity index is 381. The van der Waals surface area contributed by atoms with E-state index in [1.54, 1.807) is 19.2 Å². The van der Waals surface area contributed by atoms with Crippen LogP contribution in [0.2, 0.25) is 0 Å². The lowest BCUT2D eigenvalue weighted by Gasteiger charge is -2.17. The number of carboxylic acids is 1. The fourth-order valence-electron chi connectivity index (χ4n) is 1.85. The molecule has 106 valence electrons. The van der Waals surface area contributed by atoms with Gasteiger partial charge in [-0.2, -0.15) is 0 Å². The third-order valence-corrected chi connectivity index (χ3v) is 2.77. The van der Waals surface area contributed by atoms with Gasteiger partial charge in [-0.3, -0.25) is 4.79 Å². The summed E-state index contributed by atoms with van der Waals surface area (Å²) >= 11 is 0. The number of halogens is 1. The van der Waals surface area contributed by atoms with Crippen molar-refractivity contribution in [2.75, 3.05) is 20.3 Å². The summed E-state index contributed by atoms with van der Waals surface area (Å²) in [5, 5.41) is 12.1. The van der Waals surface area contributed by atoms with Crippen LogP contribution in [0.15, 0.2) is 24.3 Å². The zero-order chi connectivity index (χ0) is 14.1. The summed E-state index contributed by atoms with van der Waals surface area (Å²) in [6.45, 7) is 1.34. The van der Waals surface area contributed by atoms with Gasteiger partial charge < -0.3 is 15.2 Å². The number of benzene rings is 1. The van der Waals surface area contributed by atoms with E-state index in [-0.39, 0.29) is 18.3 Å². The van der Waals surface area contributed by atoms with E-state index >= 15 is 0 Å². The molecule has 1 atom stereocenters. The van der Waals surface area contributed by atoms with Gasteiger partial charge in [-0.1, -0.05) is 12.1 Å². The fourth-order valence-corrected chi connectivity index (χ4v) is 1.85. The molecule has 19 heavy (non-hydrogen) atoms. The highest BCUT2D eigenvalue weighted by molar-refractivity contribution is 5.67. The maximum absolute atomic E-state index is 12.8. The summed E-state index contributed by atoms with van der Waals surface area (Å²) in [6.07, 6.45) is 1.44. The first-order chi connectivity index (χ1) is 9.11. The molecule has 1 unspecified atom stereocenters. The van der Waals surface area contributed by atoms with Gasteiger partial charge in [0.1, 0.15) is 5.82 Å². The normalized spacial score (nSPS) is 12.3. The Morgan fingerprint density at radius 3 is 2.68 bits per heavy atom. The van der Waals surface area contributed by atoms with Crippen LogP contribution in [0.1, 0.15) is 18.4 Å². The van der Waals surface area contributed by atoms with Crippen LogP contribution < -0.4 is 5.32 Å². The van der Waals surface area contributed by atoms with Crippen LogP contribution in [0.4, 0.5) is 4.39 Å². The topological polar surface area (TPSA) is 58.6 Å². The first kappa shape index (κ1) is 15.6. The van der Waals surface area contributed by atoms with Crippen molar-refractivity contribution in [1.29, 1.82) is 0 Å². The molecule has 2 N–H and O–H groups in total. The highest BCUT2D eigenvalue weighted by Gasteiger charge is 2.13. The number of methoxy groups -OCH3 is 1. The van der Waals surface area contributed by atoms with Crippen LogP contribution >= 0.6 is 0 Å². The molecule has 0 aliphatic carbocycles. The molecule has 0 spiro atoms. The zero-order valence-electron chi connectivity index (χ0n) is 11.1. The second-order valence-electron chi connectivity index (χ2n) is 4.43. The highest BCUT2D eigenvalue weighted by Crippen LogP contribution is 2.08. The number of carboxylic acid groups (broad SMARTS) is 1. The molecule has 1 rings (SSSR count). The van der Waals surface area contributed by atoms with E-state index in [1.807, 2.05) is 0 Å². The average molecular weight is 269 g/mol. The predicted molar refractivity (Wildman–Crippen MR) is 70.6 cm³/mol. The molecule has 0 heterocycles. The van der Waals surface area contributed by atoms with Gasteiger partial charge in [-0.15, -0.1) is 0 Å². The lowest BCUT2D eigenvalue weighted by atomic mass is 10.0. The number of ether oxygens (including phenoxy) is 1. The highest BCUT2D eigenvalue weighted by atomic mass is 19.1. The van der Waals surface area contributed by atoms with Crippen molar-refractivity contribution in [3.63, 3.8) is 0 Å². The van der Waals surface area contributed by atoms with Crippen LogP contribution in [0, 0.1) is 5.82 Å². The Balaban J connectivity index is 2.48. The van der Waals surface area contributed by atoms with Crippen molar-refractivity contribution in [1.82, 2.24) is 5.32 Å². The monoisotopic (exact) mass is 269 g/mol. The zero-order valence-corrected chi connectivity index (χ0v) is 11.1. The maximum atomic E-state index is 12.8. The minimum absolute atomic E-state index is 0.0460. The predicted octanol–water partition coefficient (Wildman–Crippen LogP) is 1.84. The number of nitrogens with one attached hydrogen (secondary N) is 1. The number of rotatable bonds is 9. The second kappa shape index (κ2) is 8.61. The molecule has 0 radical (unpaired) electrons. The minimum atomic E-state index is -0.841. The van der Waals surface area contributed by atoms with Crippen molar-refractivity contribution < 1.29 is 19.0 Å². The Hall–Kier alpha value is -1.46. The van der Waals surface area contributed by atoms with Gasteiger partial charge in [0, 0.05) is 19.8 Å². The van der Waals surface area contributed by atoms with Crippen molar-refractivity contribution >= 4 is 5.97 Å². The van der Waals surface area contributed by atoms with Crippen LogP contribution in [0.25, 0.3) is 0 Å². The third-order valence-electron chi connectivity index (χ3n) is 2.77. The molecule has 1 aromatic rings. The van der Waals surface area contributed by atoms with Gasteiger partial charge in [0.25, 0.3) is 0 Å². The first-order valence-electron chi connectivity index (χ1n) is 6.30. The number of aliphatic carboxylic acids is 1. The summed E-state index contributed by atoms with van der Waals surface area (Å²) in [7, 11) is 1.63. The average Bonchev–Trinajstić information content (AvgIpc) is 2.36. The van der Waals surface area contributed by atoms with Gasteiger partial charge >= 0.3 is 5.97 Å². The van der Waals surface area contributed by atoms with E-state index in [4.69, 9.17) is 9.84 Å². The Morgan fingerprint density at radius 2 is 2.11 bits per heavy atom. The van der Waals surface area contributed by atoms with Crippen LogP contribution in [-0.4, -0.2) is 37.4 Å². The van der Waals surface area contributed by atoms with Crippen molar-refractivity contribution in [2.45, 2.75) is 25.3 Å². The van der Waals surface area contributed by atoms with Gasteiger partial charge in [0.15, 0.2) is 0 Å². The summed E-state index contributed by atoms with van der Waals surface area (Å²) in [5.74, 6) is -1.13. The second-order valence-corrected chi connectivity index (χ2v) is 4.43. The first-order valence-corrected chi connectivity index (χ1v) is 6.30. The Morgan fingerprint density at radius 1 is 1.42 bits per heavy atom. The van der Waals surface area contributed by atoms with Crippen molar-refractivity contribution in [3.05, 3.63) is 35.6 Å². The molecule has 0 saturated carbocycles. The largest absolute Gasteiger partial charge is 0.481 e. The summed E-state index contributed by atoms with van der Waals surface area (Å²) in [6, 6.07) is 5.98. The molecule has 0 saturated heterocycles. The van der Waals surface area contributed by atoms with Crippen LogP contribution in [0.5, 0.6) is 0 Å². The molecule has 0 amide bonds. The molecular weight excluding hydrogens is 249 g/mol. The molecule has 5 heteroatoms. The van der Waals surface area contributed by atoms with E-state index in [0.29, 0.717) is 19.6 Å². The molecule has 0 aliphatic rings. The van der Waals surface area contributed by atoms with Gasteiger partial charge in [0.05, 0.1) is 6.42 Å². The Kier molecular flexibility index (Phi) is 7.07. The number of carbonyl (C=O) groups is 1. The smallest absolute Gasteiger partial charge is 0.304 e. The van der Waals surface area contributed by atoms with E-state index in [1.165, 1.54) is 12.1 Å². The molecule has 0 bridgehead atoms. The van der Waals surface area contributed by atoms with Crippen LogP contribution in [-0.2, 0) is 16.0 Å². The summed E-state index contributed by atoms with van der Waals surface area (Å²) in [4.78, 5) is 10.8. The number of hydrogen-bond acceptors (Lipinski definition) is 3. The van der Waals surface area contributed by atoms with Crippen molar-refractivity contribution in [3.8, 4) is 0 Å². The van der Waals surface area contributed by atoms with Gasteiger partial charge in [-0.05, 0) is 37.1 Å². The lowest BCUT2D eigenvalue weighted by Crippen LogP contribution is -2.34. The SMILES string of the molecule is COCCCNC(CC(=O)O)Cc1ccc(F)cc1. The van der Waals surface area contributed by atoms with Crippen molar-refractivity contribution in [2.24, 2.45) is 0 Å². The van der Waals surface area contributed by atoms with Gasteiger partial charge in [0.2, 0.25) is 0 Å². The van der Waals surface area contributed by atoms with Crippen LogP contribution in [0.3, 0.4) is 0 Å². The standard InChI is InChI=1S/C14H20FNO3/c1-19-8-2-7-16-13(10-14(17)18)9-11-3-5-12(15)6-4-11/h3-6,13,16H,2,7-10H2,1H3,(H,17,18). The fraction of sp³-hybridized carbons (Fsp3) is 0.500. The van der Waals surface area contributed by atoms with E-state index in [0.717, 1.165) is 12.0 Å². The number of hydrogen-bond donors (Lipinski definition) is 2. The minimum Gasteiger partial charge on any atom is -0.481 e. The van der Waals surface area contributed by atoms with Gasteiger partial charge in [-0.25, -0.2) is 4.39 Å².